The Kier molecular flexibility index (Phi) is 8.12. The Hall–Kier alpha value is 1.01. The highest BCUT2D eigenvalue weighted by Gasteiger charge is 1.88. The number of hydrogen-bond donors (Lipinski definition) is 0. The van der Waals surface area contributed by atoms with E-state index in [1.54, 1.807) is 0 Å². The molecule has 0 spiro atoms. The first-order valence-corrected chi connectivity index (χ1v) is 6.07. The molecule has 0 heterocycles. The lowest BCUT2D eigenvalue weighted by Gasteiger charge is -1.76. The van der Waals surface area contributed by atoms with Gasteiger partial charge in [0.15, 0.2) is 0 Å². The predicted octanol–water partition coefficient (Wildman–Crippen LogP) is 2.50. The van der Waals surface area contributed by atoms with Gasteiger partial charge < -0.3 is 0 Å². The van der Waals surface area contributed by atoms with Gasteiger partial charge in [0.25, 0.3) is 0 Å². The highest BCUT2D eigenvalue weighted by molar-refractivity contribution is 9.09. The number of halogens is 3. The molecule has 0 aromatic rings. The van der Waals surface area contributed by atoms with E-state index in [1.807, 2.05) is 0 Å². The maximum Gasteiger partial charge on any atom is 0.317 e. The van der Waals surface area contributed by atoms with Gasteiger partial charge in [-0.15, -0.1) is 0 Å². The van der Waals surface area contributed by atoms with Crippen molar-refractivity contribution in [2.24, 2.45) is 0 Å². The zero-order valence-electron chi connectivity index (χ0n) is 4.94. The highest BCUT2D eigenvalue weighted by atomic mass is 79.9. The molecule has 0 aromatic heterocycles. The summed E-state index contributed by atoms with van der Waals surface area (Å²) in [6, 6.07) is 0. The molecule has 0 radical (unpaired) electrons. The van der Waals surface area contributed by atoms with E-state index >= 15 is 0 Å². The molecular formula is C3H7BrCl2O2S. The minimum Gasteiger partial charge on any atom is -0.195 e. The molecule has 0 fully saturated rings. The minimum absolute atomic E-state index is 0.646. The van der Waals surface area contributed by atoms with Crippen LogP contribution in [0.25, 0.3) is 0 Å². The van der Waals surface area contributed by atoms with Crippen molar-refractivity contribution >= 4 is 45.6 Å². The van der Waals surface area contributed by atoms with Gasteiger partial charge in [-0.1, -0.05) is 29.8 Å². The summed E-state index contributed by atoms with van der Waals surface area (Å²) in [7, 11) is 4.81. The largest absolute Gasteiger partial charge is 0.317 e. The molecule has 0 aliphatic carbocycles. The Morgan fingerprint density at radius 1 is 1.33 bits per heavy atom. The molecule has 0 N–H and O–H groups in total. The van der Waals surface area contributed by atoms with E-state index < -0.39 is 8.26 Å². The fourth-order valence-corrected chi connectivity index (χ4v) is 0. The van der Waals surface area contributed by atoms with Gasteiger partial charge in [-0.05, 0) is 0 Å². The van der Waals surface area contributed by atoms with E-state index in [-0.39, 0.29) is 0 Å². The lowest BCUT2D eigenvalue weighted by molar-refractivity contribution is 0.621. The molecule has 58 valence electrons. The average Bonchev–Trinajstić information content (AvgIpc) is 1.19. The van der Waals surface area contributed by atoms with Crippen LogP contribution >= 0.6 is 37.3 Å². The van der Waals surface area contributed by atoms with E-state index in [0.29, 0.717) is 4.83 Å². The van der Waals surface area contributed by atoms with Crippen LogP contribution in [0.5, 0.6) is 0 Å². The summed E-state index contributed by atoms with van der Waals surface area (Å²) in [6.07, 6.45) is 0. The van der Waals surface area contributed by atoms with E-state index in [4.69, 9.17) is 8.42 Å². The number of alkyl halides is 1. The Morgan fingerprint density at radius 3 is 1.33 bits per heavy atom. The van der Waals surface area contributed by atoms with Crippen LogP contribution in [0, 0.1) is 0 Å². The zero-order valence-corrected chi connectivity index (χ0v) is 8.85. The summed E-state index contributed by atoms with van der Waals surface area (Å²) in [5.41, 5.74) is 0. The molecular weight excluding hydrogens is 251 g/mol. The Morgan fingerprint density at radius 2 is 1.33 bits per heavy atom. The highest BCUT2D eigenvalue weighted by Crippen LogP contribution is 1.98. The van der Waals surface area contributed by atoms with Crippen LogP contribution in [-0.4, -0.2) is 13.2 Å². The third-order valence-corrected chi connectivity index (χ3v) is 0. The predicted molar refractivity (Wildman–Crippen MR) is 44.7 cm³/mol. The molecule has 0 unspecified atom stereocenters. The quantitative estimate of drug-likeness (QED) is 0.494. The monoisotopic (exact) mass is 256 g/mol. The minimum atomic E-state index is -3.72. The van der Waals surface area contributed by atoms with E-state index in [1.165, 1.54) is 0 Å². The molecule has 0 saturated heterocycles. The van der Waals surface area contributed by atoms with Crippen LogP contribution in [0.15, 0.2) is 0 Å². The number of hydrogen-bond acceptors (Lipinski definition) is 2. The molecule has 0 rings (SSSR count). The van der Waals surface area contributed by atoms with Crippen molar-refractivity contribution in [3.63, 3.8) is 0 Å². The first kappa shape index (κ1) is 12.7. The number of rotatable bonds is 0. The summed E-state index contributed by atoms with van der Waals surface area (Å²) in [6.45, 7) is 4.17. The van der Waals surface area contributed by atoms with Crippen molar-refractivity contribution in [2.75, 3.05) is 0 Å². The van der Waals surface area contributed by atoms with Crippen molar-refractivity contribution in [3.8, 4) is 0 Å². The Bertz CT molecular complexity index is 131. The molecule has 0 bridgehead atoms. The summed E-state index contributed by atoms with van der Waals surface area (Å²) in [5.74, 6) is 0. The molecule has 0 aliphatic heterocycles. The van der Waals surface area contributed by atoms with Gasteiger partial charge in [0.05, 0.1) is 0 Å². The normalized spacial score (nSPS) is 10.4. The summed E-state index contributed by atoms with van der Waals surface area (Å²) < 4.78 is 18.3. The molecule has 0 atom stereocenters. The van der Waals surface area contributed by atoms with Crippen molar-refractivity contribution in [1.82, 2.24) is 0 Å². The second-order valence-electron chi connectivity index (χ2n) is 1.39. The van der Waals surface area contributed by atoms with Crippen molar-refractivity contribution in [1.29, 1.82) is 0 Å². The zero-order chi connectivity index (χ0) is 8.08. The second kappa shape index (κ2) is 5.77. The first-order valence-electron chi connectivity index (χ1n) is 2.01. The fraction of sp³-hybridized carbons (Fsp3) is 1.00. The van der Waals surface area contributed by atoms with Crippen LogP contribution < -0.4 is 0 Å². The summed E-state index contributed by atoms with van der Waals surface area (Å²) >= 11 is 3.27. The smallest absolute Gasteiger partial charge is 0.195 e. The van der Waals surface area contributed by atoms with Crippen molar-refractivity contribution in [2.45, 2.75) is 18.7 Å². The van der Waals surface area contributed by atoms with Gasteiger partial charge in [-0.25, -0.2) is 0 Å². The van der Waals surface area contributed by atoms with Gasteiger partial charge >= 0.3 is 8.26 Å². The lowest BCUT2D eigenvalue weighted by atomic mass is 10.6. The van der Waals surface area contributed by atoms with E-state index in [0.717, 1.165) is 0 Å². The summed E-state index contributed by atoms with van der Waals surface area (Å²) in [4.78, 5) is 0.646. The SMILES string of the molecule is CC(C)Br.O=S(=O)(Cl)Cl. The van der Waals surface area contributed by atoms with Gasteiger partial charge in [-0.2, -0.15) is 8.42 Å². The van der Waals surface area contributed by atoms with Crippen LogP contribution in [-0.2, 0) is 8.26 Å². The van der Waals surface area contributed by atoms with Gasteiger partial charge in [-0.3, -0.25) is 0 Å². The van der Waals surface area contributed by atoms with E-state index in [2.05, 4.69) is 51.1 Å². The maximum atomic E-state index is 9.16. The lowest BCUT2D eigenvalue weighted by Crippen LogP contribution is -1.69. The average molecular weight is 258 g/mol. The maximum absolute atomic E-state index is 9.16. The second-order valence-corrected chi connectivity index (χ2v) is 6.89. The topological polar surface area (TPSA) is 34.1 Å². The van der Waals surface area contributed by atoms with Crippen molar-refractivity contribution in [3.05, 3.63) is 0 Å². The van der Waals surface area contributed by atoms with E-state index in [9.17, 15) is 0 Å². The Balaban J connectivity index is 0. The van der Waals surface area contributed by atoms with Crippen LogP contribution in [0.4, 0.5) is 0 Å². The first-order chi connectivity index (χ1) is 3.73. The van der Waals surface area contributed by atoms with Gasteiger partial charge in [0.1, 0.15) is 0 Å². The molecule has 0 aliphatic rings. The molecule has 6 heteroatoms. The molecule has 0 saturated carbocycles. The third kappa shape index (κ3) is 434. The van der Waals surface area contributed by atoms with Gasteiger partial charge in [0.2, 0.25) is 0 Å². The fourth-order valence-electron chi connectivity index (χ4n) is 0. The Labute approximate surface area is 72.6 Å². The van der Waals surface area contributed by atoms with Crippen LogP contribution in [0.2, 0.25) is 0 Å². The molecule has 2 nitrogen and oxygen atoms in total. The standard InChI is InChI=1S/C3H7Br.Cl2O2S/c1-3(2)4;1-5(2,3)4/h3H,1-2H3;. The van der Waals surface area contributed by atoms with Crippen LogP contribution in [0.3, 0.4) is 0 Å². The van der Waals surface area contributed by atoms with Gasteiger partial charge in [0, 0.05) is 26.2 Å². The third-order valence-electron chi connectivity index (χ3n) is 0. The summed E-state index contributed by atoms with van der Waals surface area (Å²) in [5, 5.41) is 0. The van der Waals surface area contributed by atoms with Crippen LogP contribution in [0.1, 0.15) is 13.8 Å². The molecule has 9 heavy (non-hydrogen) atoms. The molecule has 0 aromatic carbocycles. The van der Waals surface area contributed by atoms with Crippen molar-refractivity contribution < 1.29 is 8.42 Å². The molecule has 0 amide bonds.